The number of hydrogen-bond donors (Lipinski definition) is 1. The maximum absolute atomic E-state index is 10.8. The largest absolute Gasteiger partial charge is 0.487 e. The van der Waals surface area contributed by atoms with Crippen LogP contribution in [0.4, 0.5) is 0 Å². The summed E-state index contributed by atoms with van der Waals surface area (Å²) in [4.78, 5) is 15.5. The van der Waals surface area contributed by atoms with Gasteiger partial charge in [0, 0.05) is 10.9 Å². The normalized spacial score (nSPS) is 10.5. The molecule has 2 aromatic heterocycles. The molecule has 4 nitrogen and oxygen atoms in total. The lowest BCUT2D eigenvalue weighted by atomic mass is 10.3. The van der Waals surface area contributed by atoms with Gasteiger partial charge in [0.25, 0.3) is 0 Å². The van der Waals surface area contributed by atoms with Gasteiger partial charge in [-0.1, -0.05) is 22.9 Å². The SMILES string of the molecule is COc1sc(-c2csc(C(=O)O)n2)c(Cl)c1C. The van der Waals surface area contributed by atoms with Crippen molar-refractivity contribution in [3.8, 4) is 15.6 Å². The molecule has 0 atom stereocenters. The number of rotatable bonds is 3. The number of thiazole rings is 1. The molecule has 0 radical (unpaired) electrons. The zero-order chi connectivity index (χ0) is 12.6. The van der Waals surface area contributed by atoms with Crippen molar-refractivity contribution in [1.29, 1.82) is 0 Å². The number of methoxy groups -OCH3 is 1. The van der Waals surface area contributed by atoms with Crippen molar-refractivity contribution in [3.05, 3.63) is 21.0 Å². The Balaban J connectivity index is 2.49. The number of nitrogens with zero attached hydrogens (tertiary/aromatic N) is 1. The first-order valence-electron chi connectivity index (χ1n) is 4.56. The van der Waals surface area contributed by atoms with Gasteiger partial charge in [0.05, 0.1) is 22.7 Å². The highest BCUT2D eigenvalue weighted by Gasteiger charge is 2.19. The second-order valence-electron chi connectivity index (χ2n) is 3.20. The molecule has 17 heavy (non-hydrogen) atoms. The molecule has 0 aliphatic carbocycles. The summed E-state index contributed by atoms with van der Waals surface area (Å²) in [6.07, 6.45) is 0. The van der Waals surface area contributed by atoms with Crippen molar-refractivity contribution in [3.63, 3.8) is 0 Å². The smallest absolute Gasteiger partial charge is 0.365 e. The van der Waals surface area contributed by atoms with Crippen LogP contribution in [0.5, 0.6) is 5.06 Å². The minimum atomic E-state index is -1.03. The molecule has 2 aromatic rings. The Morgan fingerprint density at radius 3 is 2.76 bits per heavy atom. The molecule has 0 bridgehead atoms. The highest BCUT2D eigenvalue weighted by molar-refractivity contribution is 7.18. The summed E-state index contributed by atoms with van der Waals surface area (Å²) >= 11 is 8.61. The third kappa shape index (κ3) is 2.15. The molecule has 0 amide bonds. The van der Waals surface area contributed by atoms with E-state index in [4.69, 9.17) is 21.4 Å². The van der Waals surface area contributed by atoms with Crippen LogP contribution in [0.15, 0.2) is 5.38 Å². The van der Waals surface area contributed by atoms with Gasteiger partial charge in [-0.25, -0.2) is 9.78 Å². The minimum absolute atomic E-state index is 0.0566. The zero-order valence-corrected chi connectivity index (χ0v) is 11.4. The van der Waals surface area contributed by atoms with Gasteiger partial charge in [-0.3, -0.25) is 0 Å². The second-order valence-corrected chi connectivity index (χ2v) is 5.42. The first-order valence-corrected chi connectivity index (χ1v) is 6.64. The van der Waals surface area contributed by atoms with Crippen LogP contribution in [0, 0.1) is 6.92 Å². The number of aromatic carboxylic acids is 1. The van der Waals surface area contributed by atoms with Crippen molar-refractivity contribution < 1.29 is 14.6 Å². The summed E-state index contributed by atoms with van der Waals surface area (Å²) in [6, 6.07) is 0. The maximum Gasteiger partial charge on any atom is 0.365 e. The van der Waals surface area contributed by atoms with Gasteiger partial charge < -0.3 is 9.84 Å². The standard InChI is InChI=1S/C10H8ClNO3S2/c1-4-6(11)7(17-10(4)15-2)5-3-16-8(12-5)9(13)14/h3H,1-2H3,(H,13,14). The number of halogens is 1. The quantitative estimate of drug-likeness (QED) is 0.939. The molecule has 0 fully saturated rings. The number of thiophene rings is 1. The van der Waals surface area contributed by atoms with Crippen molar-refractivity contribution in [2.24, 2.45) is 0 Å². The van der Waals surface area contributed by atoms with E-state index >= 15 is 0 Å². The first kappa shape index (κ1) is 12.3. The summed E-state index contributed by atoms with van der Waals surface area (Å²) in [7, 11) is 1.57. The number of aromatic nitrogens is 1. The molecule has 0 aliphatic rings. The van der Waals surface area contributed by atoms with Crippen molar-refractivity contribution in [2.45, 2.75) is 6.92 Å². The molecule has 0 unspecified atom stereocenters. The predicted octanol–water partition coefficient (Wildman–Crippen LogP) is 3.54. The molecule has 1 N–H and O–H groups in total. The van der Waals surface area contributed by atoms with Crippen LogP contribution in [-0.2, 0) is 0 Å². The molecular weight excluding hydrogens is 282 g/mol. The highest BCUT2D eigenvalue weighted by atomic mass is 35.5. The molecule has 0 saturated heterocycles. The zero-order valence-electron chi connectivity index (χ0n) is 8.98. The second kappa shape index (κ2) is 4.64. The van der Waals surface area contributed by atoms with Gasteiger partial charge in [0.15, 0.2) is 5.06 Å². The van der Waals surface area contributed by atoms with Crippen LogP contribution in [-0.4, -0.2) is 23.2 Å². The molecule has 0 aliphatic heterocycles. The lowest BCUT2D eigenvalue weighted by Gasteiger charge is -1.93. The highest BCUT2D eigenvalue weighted by Crippen LogP contribution is 2.44. The van der Waals surface area contributed by atoms with Crippen LogP contribution in [0.3, 0.4) is 0 Å². The van der Waals surface area contributed by atoms with E-state index in [0.717, 1.165) is 26.8 Å². The summed E-state index contributed by atoms with van der Waals surface area (Å²) in [5, 5.41) is 11.8. The molecule has 0 spiro atoms. The number of carboxylic acid groups (broad SMARTS) is 1. The Kier molecular flexibility index (Phi) is 3.37. The Labute approximate surface area is 110 Å². The van der Waals surface area contributed by atoms with Crippen LogP contribution >= 0.6 is 34.3 Å². The summed E-state index contributed by atoms with van der Waals surface area (Å²) in [6.45, 7) is 1.85. The van der Waals surface area contributed by atoms with Crippen molar-refractivity contribution in [1.82, 2.24) is 4.98 Å². The Hall–Kier alpha value is -1.11. The van der Waals surface area contributed by atoms with E-state index in [1.54, 1.807) is 12.5 Å². The number of carbonyl (C=O) groups is 1. The van der Waals surface area contributed by atoms with Crippen molar-refractivity contribution in [2.75, 3.05) is 7.11 Å². The molecule has 7 heteroatoms. The third-order valence-corrected chi connectivity index (χ3v) is 4.83. The van der Waals surface area contributed by atoms with E-state index in [9.17, 15) is 4.79 Å². The number of carboxylic acids is 1. The maximum atomic E-state index is 10.8. The van der Waals surface area contributed by atoms with Gasteiger partial charge >= 0.3 is 5.97 Å². The molecule has 2 heterocycles. The van der Waals surface area contributed by atoms with Gasteiger partial charge in [0.1, 0.15) is 0 Å². The molecular formula is C10H8ClNO3S2. The van der Waals surface area contributed by atoms with Gasteiger partial charge in [-0.2, -0.15) is 0 Å². The monoisotopic (exact) mass is 289 g/mol. The van der Waals surface area contributed by atoms with Crippen LogP contribution < -0.4 is 4.74 Å². The predicted molar refractivity (Wildman–Crippen MR) is 68.7 cm³/mol. The average Bonchev–Trinajstić information content (AvgIpc) is 2.87. The Morgan fingerprint density at radius 1 is 1.59 bits per heavy atom. The minimum Gasteiger partial charge on any atom is -0.487 e. The lowest BCUT2D eigenvalue weighted by Crippen LogP contribution is -1.93. The lowest BCUT2D eigenvalue weighted by molar-refractivity contribution is 0.0696. The first-order chi connectivity index (χ1) is 8.04. The average molecular weight is 290 g/mol. The summed E-state index contributed by atoms with van der Waals surface area (Å²) < 4.78 is 5.18. The molecule has 90 valence electrons. The van der Waals surface area contributed by atoms with E-state index in [1.165, 1.54) is 11.3 Å². The topological polar surface area (TPSA) is 59.4 Å². The van der Waals surface area contributed by atoms with Crippen LogP contribution in [0.2, 0.25) is 5.02 Å². The van der Waals surface area contributed by atoms with Gasteiger partial charge in [0.2, 0.25) is 5.01 Å². The number of ether oxygens (including phenoxy) is 1. The Bertz CT molecular complexity index is 576. The fourth-order valence-corrected chi connectivity index (χ4v) is 3.36. The van der Waals surface area contributed by atoms with E-state index in [2.05, 4.69) is 4.98 Å². The molecule has 0 saturated carbocycles. The summed E-state index contributed by atoms with van der Waals surface area (Å²) in [5.74, 6) is -1.03. The fraction of sp³-hybridized carbons (Fsp3) is 0.200. The van der Waals surface area contributed by atoms with E-state index in [0.29, 0.717) is 10.7 Å². The van der Waals surface area contributed by atoms with Gasteiger partial charge in [-0.15, -0.1) is 11.3 Å². The fourth-order valence-electron chi connectivity index (χ4n) is 1.31. The molecule has 0 aromatic carbocycles. The van der Waals surface area contributed by atoms with Crippen LogP contribution in [0.25, 0.3) is 10.6 Å². The van der Waals surface area contributed by atoms with E-state index in [1.807, 2.05) is 6.92 Å². The Morgan fingerprint density at radius 2 is 2.29 bits per heavy atom. The van der Waals surface area contributed by atoms with E-state index < -0.39 is 5.97 Å². The van der Waals surface area contributed by atoms with Crippen molar-refractivity contribution >= 4 is 40.2 Å². The van der Waals surface area contributed by atoms with E-state index in [-0.39, 0.29) is 5.01 Å². The number of hydrogen-bond acceptors (Lipinski definition) is 5. The summed E-state index contributed by atoms with van der Waals surface area (Å²) in [5.41, 5.74) is 1.42. The van der Waals surface area contributed by atoms with Gasteiger partial charge in [-0.05, 0) is 6.92 Å². The third-order valence-electron chi connectivity index (χ3n) is 2.13. The molecule has 2 rings (SSSR count). The van der Waals surface area contributed by atoms with Crippen LogP contribution in [0.1, 0.15) is 15.4 Å².